The zero-order valence-corrected chi connectivity index (χ0v) is 10.3. The van der Waals surface area contributed by atoms with Gasteiger partial charge in [0.15, 0.2) is 0 Å². The Balaban J connectivity index is 2.46. The molecule has 2 unspecified atom stereocenters. The predicted molar refractivity (Wildman–Crippen MR) is 64.2 cm³/mol. The van der Waals surface area contributed by atoms with Crippen molar-refractivity contribution < 1.29 is 9.47 Å². The van der Waals surface area contributed by atoms with E-state index in [1.165, 1.54) is 0 Å². The second-order valence-electron chi connectivity index (χ2n) is 4.19. The second kappa shape index (κ2) is 4.64. The Morgan fingerprint density at radius 1 is 1.59 bits per heavy atom. The fraction of sp³-hybridized carbons (Fsp3) is 0.462. The van der Waals surface area contributed by atoms with E-state index in [2.05, 4.69) is 11.4 Å². The molecular weight excluding hydrogens is 216 g/mol. The van der Waals surface area contributed by atoms with Crippen LogP contribution in [0.2, 0.25) is 0 Å². The SMILES string of the molecule is CNC(C#N)c1cc2c(cc1OC)CC(C)O2. The summed E-state index contributed by atoms with van der Waals surface area (Å²) in [6.07, 6.45) is 1.09. The Labute approximate surface area is 101 Å². The van der Waals surface area contributed by atoms with Gasteiger partial charge in [0, 0.05) is 17.5 Å². The molecule has 0 saturated carbocycles. The normalized spacial score (nSPS) is 19.1. The molecule has 1 aliphatic rings. The molecule has 1 N–H and O–H groups in total. The number of nitriles is 1. The van der Waals surface area contributed by atoms with E-state index in [0.717, 1.165) is 29.0 Å². The Hall–Kier alpha value is -1.73. The molecule has 2 rings (SSSR count). The standard InChI is InChI=1S/C13H16N2O2/c1-8-4-9-5-13(16-3)10(6-12(9)17-8)11(7-14)15-2/h5-6,8,11,15H,4H2,1-3H3. The summed E-state index contributed by atoms with van der Waals surface area (Å²) in [7, 11) is 3.37. The van der Waals surface area contributed by atoms with Crippen molar-refractivity contribution in [1.82, 2.24) is 5.32 Å². The van der Waals surface area contributed by atoms with Crippen LogP contribution < -0.4 is 14.8 Å². The molecule has 17 heavy (non-hydrogen) atoms. The number of hydrogen-bond donors (Lipinski definition) is 1. The molecule has 0 spiro atoms. The predicted octanol–water partition coefficient (Wildman–Crippen LogP) is 1.80. The van der Waals surface area contributed by atoms with Gasteiger partial charge in [-0.05, 0) is 26.1 Å². The molecule has 0 aromatic heterocycles. The van der Waals surface area contributed by atoms with E-state index < -0.39 is 0 Å². The van der Waals surface area contributed by atoms with E-state index in [4.69, 9.17) is 14.7 Å². The minimum Gasteiger partial charge on any atom is -0.496 e. The summed E-state index contributed by atoms with van der Waals surface area (Å²) < 4.78 is 11.0. The monoisotopic (exact) mass is 232 g/mol. The van der Waals surface area contributed by atoms with E-state index >= 15 is 0 Å². The molecule has 2 atom stereocenters. The smallest absolute Gasteiger partial charge is 0.125 e. The molecule has 90 valence electrons. The molecule has 4 heteroatoms. The van der Waals surface area contributed by atoms with Gasteiger partial charge in [-0.25, -0.2) is 0 Å². The van der Waals surface area contributed by atoms with E-state index in [-0.39, 0.29) is 12.1 Å². The van der Waals surface area contributed by atoms with Crippen molar-refractivity contribution >= 4 is 0 Å². The molecule has 1 aromatic rings. The molecule has 0 aliphatic carbocycles. The molecule has 1 heterocycles. The summed E-state index contributed by atoms with van der Waals surface area (Å²) in [5.41, 5.74) is 1.97. The van der Waals surface area contributed by atoms with Crippen molar-refractivity contribution in [3.8, 4) is 17.6 Å². The third-order valence-electron chi connectivity index (χ3n) is 2.98. The average Bonchev–Trinajstić information content (AvgIpc) is 2.68. The number of nitrogens with zero attached hydrogens (tertiary/aromatic N) is 1. The third-order valence-corrected chi connectivity index (χ3v) is 2.98. The first-order valence-corrected chi connectivity index (χ1v) is 5.64. The zero-order valence-electron chi connectivity index (χ0n) is 10.3. The maximum atomic E-state index is 9.09. The summed E-state index contributed by atoms with van der Waals surface area (Å²) >= 11 is 0. The zero-order chi connectivity index (χ0) is 12.4. The average molecular weight is 232 g/mol. The van der Waals surface area contributed by atoms with Crippen LogP contribution in [-0.2, 0) is 6.42 Å². The van der Waals surface area contributed by atoms with Crippen LogP contribution in [0, 0.1) is 11.3 Å². The van der Waals surface area contributed by atoms with Crippen LogP contribution in [0.5, 0.6) is 11.5 Å². The second-order valence-corrected chi connectivity index (χ2v) is 4.19. The summed E-state index contributed by atoms with van der Waals surface area (Å²) in [5, 5.41) is 12.0. The number of ether oxygens (including phenoxy) is 2. The van der Waals surface area contributed by atoms with Gasteiger partial charge in [0.1, 0.15) is 23.6 Å². The van der Waals surface area contributed by atoms with Gasteiger partial charge in [0.2, 0.25) is 0 Å². The van der Waals surface area contributed by atoms with Crippen LogP contribution in [0.25, 0.3) is 0 Å². The van der Waals surface area contributed by atoms with Crippen molar-refractivity contribution in [2.75, 3.05) is 14.2 Å². The van der Waals surface area contributed by atoms with E-state index in [9.17, 15) is 0 Å². The van der Waals surface area contributed by atoms with E-state index in [1.54, 1.807) is 14.2 Å². The van der Waals surface area contributed by atoms with Crippen LogP contribution in [0.3, 0.4) is 0 Å². The quantitative estimate of drug-likeness (QED) is 0.863. The van der Waals surface area contributed by atoms with Crippen LogP contribution in [0.15, 0.2) is 12.1 Å². The first kappa shape index (κ1) is 11.7. The van der Waals surface area contributed by atoms with Crippen LogP contribution in [-0.4, -0.2) is 20.3 Å². The molecule has 0 saturated heterocycles. The molecule has 0 bridgehead atoms. The number of methoxy groups -OCH3 is 1. The van der Waals surface area contributed by atoms with Gasteiger partial charge in [-0.15, -0.1) is 0 Å². The number of nitrogens with one attached hydrogen (secondary N) is 1. The molecule has 0 radical (unpaired) electrons. The van der Waals surface area contributed by atoms with Gasteiger partial charge in [0.05, 0.1) is 13.2 Å². The Morgan fingerprint density at radius 3 is 2.94 bits per heavy atom. The molecule has 1 aliphatic heterocycles. The van der Waals surface area contributed by atoms with Gasteiger partial charge in [-0.3, -0.25) is 0 Å². The first-order chi connectivity index (χ1) is 8.19. The van der Waals surface area contributed by atoms with Gasteiger partial charge in [-0.1, -0.05) is 0 Å². The molecule has 0 fully saturated rings. The fourth-order valence-electron chi connectivity index (χ4n) is 2.15. The highest BCUT2D eigenvalue weighted by Gasteiger charge is 2.24. The highest BCUT2D eigenvalue weighted by Crippen LogP contribution is 2.37. The van der Waals surface area contributed by atoms with Gasteiger partial charge in [-0.2, -0.15) is 5.26 Å². The lowest BCUT2D eigenvalue weighted by Crippen LogP contribution is -2.15. The third kappa shape index (κ3) is 2.06. The lowest BCUT2D eigenvalue weighted by molar-refractivity contribution is 0.254. The van der Waals surface area contributed by atoms with Crippen LogP contribution in [0.4, 0.5) is 0 Å². The topological polar surface area (TPSA) is 54.3 Å². The Bertz CT molecular complexity index is 465. The Kier molecular flexibility index (Phi) is 3.21. The van der Waals surface area contributed by atoms with Crippen molar-refractivity contribution in [2.24, 2.45) is 0 Å². The maximum Gasteiger partial charge on any atom is 0.125 e. The highest BCUT2D eigenvalue weighted by atomic mass is 16.5. The number of hydrogen-bond acceptors (Lipinski definition) is 4. The minimum atomic E-state index is -0.380. The highest BCUT2D eigenvalue weighted by molar-refractivity contribution is 5.51. The largest absolute Gasteiger partial charge is 0.496 e. The fourth-order valence-corrected chi connectivity index (χ4v) is 2.15. The van der Waals surface area contributed by atoms with E-state index in [0.29, 0.717) is 0 Å². The van der Waals surface area contributed by atoms with Gasteiger partial charge < -0.3 is 14.8 Å². The molecular formula is C13H16N2O2. The van der Waals surface area contributed by atoms with Gasteiger partial charge >= 0.3 is 0 Å². The van der Waals surface area contributed by atoms with Crippen LogP contribution >= 0.6 is 0 Å². The molecule has 4 nitrogen and oxygen atoms in total. The van der Waals surface area contributed by atoms with Crippen molar-refractivity contribution in [3.05, 3.63) is 23.3 Å². The summed E-state index contributed by atoms with van der Waals surface area (Å²) in [6, 6.07) is 5.69. The Morgan fingerprint density at radius 2 is 2.35 bits per heavy atom. The van der Waals surface area contributed by atoms with Crippen molar-refractivity contribution in [3.63, 3.8) is 0 Å². The number of rotatable bonds is 3. The summed E-state index contributed by atoms with van der Waals surface area (Å²) in [6.45, 7) is 2.03. The summed E-state index contributed by atoms with van der Waals surface area (Å²) in [4.78, 5) is 0. The maximum absolute atomic E-state index is 9.09. The van der Waals surface area contributed by atoms with Crippen LogP contribution in [0.1, 0.15) is 24.1 Å². The lowest BCUT2D eigenvalue weighted by atomic mass is 10.0. The minimum absolute atomic E-state index is 0.195. The number of fused-ring (bicyclic) bond motifs is 1. The van der Waals surface area contributed by atoms with E-state index in [1.807, 2.05) is 19.1 Å². The number of benzene rings is 1. The summed E-state index contributed by atoms with van der Waals surface area (Å²) in [5.74, 6) is 1.60. The first-order valence-electron chi connectivity index (χ1n) is 5.64. The molecule has 1 aromatic carbocycles. The van der Waals surface area contributed by atoms with Gasteiger partial charge in [0.25, 0.3) is 0 Å². The van der Waals surface area contributed by atoms with Crippen molar-refractivity contribution in [1.29, 1.82) is 5.26 Å². The molecule has 0 amide bonds. The van der Waals surface area contributed by atoms with Crippen molar-refractivity contribution in [2.45, 2.75) is 25.5 Å². The lowest BCUT2D eigenvalue weighted by Gasteiger charge is -2.14.